The molecular formula is C16H16FN3O. The van der Waals surface area contributed by atoms with Crippen LogP contribution in [0.3, 0.4) is 0 Å². The van der Waals surface area contributed by atoms with E-state index < -0.39 is 0 Å². The molecule has 0 amide bonds. The van der Waals surface area contributed by atoms with E-state index in [1.807, 2.05) is 13.0 Å². The van der Waals surface area contributed by atoms with Crippen LogP contribution in [0.5, 0.6) is 5.75 Å². The van der Waals surface area contributed by atoms with E-state index >= 15 is 0 Å². The first-order valence-corrected chi connectivity index (χ1v) is 6.60. The average molecular weight is 285 g/mol. The maximum absolute atomic E-state index is 13.3. The Labute approximate surface area is 123 Å². The third-order valence-electron chi connectivity index (χ3n) is 2.90. The third kappa shape index (κ3) is 4.26. The summed E-state index contributed by atoms with van der Waals surface area (Å²) < 4.78 is 19.0. The molecule has 0 saturated carbocycles. The molecule has 1 aromatic carbocycles. The van der Waals surface area contributed by atoms with Crippen molar-refractivity contribution in [2.45, 2.75) is 26.0 Å². The van der Waals surface area contributed by atoms with Crippen LogP contribution in [0.4, 0.5) is 4.39 Å². The van der Waals surface area contributed by atoms with Crippen molar-refractivity contribution in [3.05, 3.63) is 59.2 Å². The Hall–Kier alpha value is -2.45. The fraction of sp³-hybridized carbons (Fsp3) is 0.250. The van der Waals surface area contributed by atoms with Crippen LogP contribution in [0.25, 0.3) is 0 Å². The van der Waals surface area contributed by atoms with E-state index in [4.69, 9.17) is 15.7 Å². The molecule has 0 fully saturated rings. The smallest absolute Gasteiger partial charge is 0.140 e. The highest BCUT2D eigenvalue weighted by molar-refractivity contribution is 5.35. The lowest BCUT2D eigenvalue weighted by molar-refractivity contribution is 0.301. The summed E-state index contributed by atoms with van der Waals surface area (Å²) in [4.78, 5) is 3.90. The van der Waals surface area contributed by atoms with Crippen molar-refractivity contribution in [3.8, 4) is 11.8 Å². The highest BCUT2D eigenvalue weighted by Crippen LogP contribution is 2.22. The van der Waals surface area contributed by atoms with Gasteiger partial charge >= 0.3 is 0 Å². The minimum absolute atomic E-state index is 0.0831. The van der Waals surface area contributed by atoms with Crippen molar-refractivity contribution in [2.24, 2.45) is 5.73 Å². The lowest BCUT2D eigenvalue weighted by Gasteiger charge is -2.13. The van der Waals surface area contributed by atoms with E-state index in [1.54, 1.807) is 24.4 Å². The number of nitriles is 1. The van der Waals surface area contributed by atoms with E-state index in [1.165, 1.54) is 12.1 Å². The Morgan fingerprint density at radius 3 is 2.90 bits per heavy atom. The minimum Gasteiger partial charge on any atom is -0.489 e. The third-order valence-corrected chi connectivity index (χ3v) is 2.90. The van der Waals surface area contributed by atoms with Crippen molar-refractivity contribution in [2.75, 3.05) is 0 Å². The molecule has 1 heterocycles. The summed E-state index contributed by atoms with van der Waals surface area (Å²) in [6.07, 6.45) is 2.09. The maximum atomic E-state index is 13.3. The van der Waals surface area contributed by atoms with Gasteiger partial charge in [0.1, 0.15) is 29.9 Å². The second kappa shape index (κ2) is 6.82. The van der Waals surface area contributed by atoms with Gasteiger partial charge in [0.25, 0.3) is 0 Å². The molecule has 1 atom stereocenters. The van der Waals surface area contributed by atoms with Crippen molar-refractivity contribution < 1.29 is 9.13 Å². The summed E-state index contributed by atoms with van der Waals surface area (Å²) in [6.45, 7) is 2.14. The second-order valence-electron chi connectivity index (χ2n) is 4.88. The summed E-state index contributed by atoms with van der Waals surface area (Å²) in [6, 6.07) is 9.72. The predicted molar refractivity (Wildman–Crippen MR) is 77.0 cm³/mol. The average Bonchev–Trinajstić information content (AvgIpc) is 2.46. The molecule has 0 saturated heterocycles. The first-order valence-electron chi connectivity index (χ1n) is 6.60. The van der Waals surface area contributed by atoms with Gasteiger partial charge in [0, 0.05) is 12.2 Å². The number of ether oxygens (including phenoxy) is 1. The minimum atomic E-state index is -0.311. The van der Waals surface area contributed by atoms with Crippen LogP contribution >= 0.6 is 0 Å². The van der Waals surface area contributed by atoms with Crippen LogP contribution in [0.15, 0.2) is 36.5 Å². The summed E-state index contributed by atoms with van der Waals surface area (Å²) in [5.74, 6) is 0.290. The van der Waals surface area contributed by atoms with Crippen LogP contribution in [-0.4, -0.2) is 11.0 Å². The fourth-order valence-electron chi connectivity index (χ4n) is 1.98. The molecule has 1 unspecified atom stereocenters. The highest BCUT2D eigenvalue weighted by Gasteiger charge is 2.08. The zero-order chi connectivity index (χ0) is 15.2. The van der Waals surface area contributed by atoms with E-state index in [9.17, 15) is 4.39 Å². The number of nitrogens with two attached hydrogens (primary N) is 1. The largest absolute Gasteiger partial charge is 0.489 e. The van der Waals surface area contributed by atoms with E-state index in [0.717, 1.165) is 11.1 Å². The number of hydrogen-bond donors (Lipinski definition) is 1. The van der Waals surface area contributed by atoms with Crippen LogP contribution in [0, 0.1) is 17.1 Å². The second-order valence-corrected chi connectivity index (χ2v) is 4.88. The predicted octanol–water partition coefficient (Wildman–Crippen LogP) is 2.56. The standard InChI is InChI=1S/C16H16FN3O/c1-11(19)6-13-8-14(17)2-3-16(13)21-10-12-4-5-20-15(7-12)9-18/h2-5,7-8,11H,6,10,19H2,1H3. The van der Waals surface area contributed by atoms with E-state index in [2.05, 4.69) is 4.98 Å². The van der Waals surface area contributed by atoms with Crippen molar-refractivity contribution in [1.29, 1.82) is 5.26 Å². The molecule has 0 aliphatic rings. The Balaban J connectivity index is 2.14. The molecule has 0 radical (unpaired) electrons. The van der Waals surface area contributed by atoms with Gasteiger partial charge in [-0.15, -0.1) is 0 Å². The molecule has 0 spiro atoms. The van der Waals surface area contributed by atoms with Crippen molar-refractivity contribution in [3.63, 3.8) is 0 Å². The van der Waals surface area contributed by atoms with E-state index in [0.29, 0.717) is 17.9 Å². The zero-order valence-electron chi connectivity index (χ0n) is 11.7. The first kappa shape index (κ1) is 14.9. The summed E-state index contributed by atoms with van der Waals surface area (Å²) in [5.41, 5.74) is 7.67. The van der Waals surface area contributed by atoms with Gasteiger partial charge in [-0.1, -0.05) is 0 Å². The van der Waals surface area contributed by atoms with Crippen molar-refractivity contribution in [1.82, 2.24) is 4.98 Å². The topological polar surface area (TPSA) is 71.9 Å². The Bertz CT molecular complexity index is 665. The summed E-state index contributed by atoms with van der Waals surface area (Å²) in [7, 11) is 0. The van der Waals surface area contributed by atoms with Crippen LogP contribution < -0.4 is 10.5 Å². The number of pyridine rings is 1. The summed E-state index contributed by atoms with van der Waals surface area (Å²) in [5, 5.41) is 8.81. The van der Waals surface area contributed by atoms with Gasteiger partial charge < -0.3 is 10.5 Å². The van der Waals surface area contributed by atoms with E-state index in [-0.39, 0.29) is 18.5 Å². The van der Waals surface area contributed by atoms with Gasteiger partial charge in [-0.05, 0) is 54.8 Å². The number of halogens is 1. The molecular weight excluding hydrogens is 269 g/mol. The zero-order valence-corrected chi connectivity index (χ0v) is 11.7. The number of aromatic nitrogens is 1. The molecule has 0 aliphatic carbocycles. The van der Waals surface area contributed by atoms with Gasteiger partial charge in [0.15, 0.2) is 0 Å². The number of benzene rings is 1. The Morgan fingerprint density at radius 1 is 1.38 bits per heavy atom. The number of rotatable bonds is 5. The monoisotopic (exact) mass is 285 g/mol. The van der Waals surface area contributed by atoms with Gasteiger partial charge in [-0.3, -0.25) is 0 Å². The lowest BCUT2D eigenvalue weighted by Crippen LogP contribution is -2.18. The van der Waals surface area contributed by atoms with Crippen molar-refractivity contribution >= 4 is 0 Å². The van der Waals surface area contributed by atoms with Gasteiger partial charge in [0.05, 0.1) is 0 Å². The lowest BCUT2D eigenvalue weighted by atomic mass is 10.1. The molecule has 2 aromatic rings. The van der Waals surface area contributed by atoms with Crippen LogP contribution in [-0.2, 0) is 13.0 Å². The SMILES string of the molecule is CC(N)Cc1cc(F)ccc1OCc1ccnc(C#N)c1. The molecule has 0 bridgehead atoms. The molecule has 2 rings (SSSR count). The quantitative estimate of drug-likeness (QED) is 0.916. The molecule has 1 aromatic heterocycles. The normalized spacial score (nSPS) is 11.7. The molecule has 0 aliphatic heterocycles. The first-order chi connectivity index (χ1) is 10.1. The van der Waals surface area contributed by atoms with Gasteiger partial charge in [0.2, 0.25) is 0 Å². The fourth-order valence-corrected chi connectivity index (χ4v) is 1.98. The Kier molecular flexibility index (Phi) is 4.85. The highest BCUT2D eigenvalue weighted by atomic mass is 19.1. The van der Waals surface area contributed by atoms with Crippen LogP contribution in [0.1, 0.15) is 23.7 Å². The number of hydrogen-bond acceptors (Lipinski definition) is 4. The molecule has 5 heteroatoms. The molecule has 4 nitrogen and oxygen atoms in total. The molecule has 21 heavy (non-hydrogen) atoms. The summed E-state index contributed by atoms with van der Waals surface area (Å²) >= 11 is 0. The maximum Gasteiger partial charge on any atom is 0.140 e. The molecule has 2 N–H and O–H groups in total. The van der Waals surface area contributed by atoms with Gasteiger partial charge in [-0.25, -0.2) is 9.37 Å². The van der Waals surface area contributed by atoms with Gasteiger partial charge in [-0.2, -0.15) is 5.26 Å². The number of nitrogens with zero attached hydrogens (tertiary/aromatic N) is 2. The Morgan fingerprint density at radius 2 is 2.19 bits per heavy atom. The molecule has 108 valence electrons. The van der Waals surface area contributed by atoms with Crippen LogP contribution in [0.2, 0.25) is 0 Å².